The third kappa shape index (κ3) is 3.74. The van der Waals surface area contributed by atoms with Gasteiger partial charge in [-0.3, -0.25) is 0 Å². The Morgan fingerprint density at radius 3 is 2.67 bits per heavy atom. The second kappa shape index (κ2) is 6.40. The average Bonchev–Trinajstić information content (AvgIpc) is 2.40. The Balaban J connectivity index is 1.77. The van der Waals surface area contributed by atoms with Crippen molar-refractivity contribution in [1.82, 2.24) is 4.98 Å². The van der Waals surface area contributed by atoms with Crippen molar-refractivity contribution in [3.63, 3.8) is 0 Å². The highest BCUT2D eigenvalue weighted by Gasteiger charge is 1.98. The van der Waals surface area contributed by atoms with Crippen molar-refractivity contribution in [3.8, 4) is 5.75 Å². The van der Waals surface area contributed by atoms with Gasteiger partial charge in [0.1, 0.15) is 18.2 Å². The van der Waals surface area contributed by atoms with Crippen LogP contribution in [-0.4, -0.2) is 18.1 Å². The minimum absolute atomic E-state index is 0.612. The molecule has 0 aliphatic heterocycles. The van der Waals surface area contributed by atoms with Gasteiger partial charge in [0.2, 0.25) is 0 Å². The Bertz CT molecular complexity index is 502. The molecule has 94 valence electrons. The molecule has 1 aromatic heterocycles. The lowest BCUT2D eigenvalue weighted by molar-refractivity contribution is 0.333. The maximum Gasteiger partial charge on any atom is 0.126 e. The zero-order chi connectivity index (χ0) is 12.8. The molecule has 0 bridgehead atoms. The summed E-state index contributed by atoms with van der Waals surface area (Å²) in [6.45, 7) is 3.31. The highest BCUT2D eigenvalue weighted by molar-refractivity contribution is 9.10. The van der Waals surface area contributed by atoms with Gasteiger partial charge in [-0.2, -0.15) is 0 Å². The van der Waals surface area contributed by atoms with Crippen LogP contribution >= 0.6 is 15.9 Å². The molecule has 0 amide bonds. The predicted octanol–water partition coefficient (Wildman–Crippen LogP) is 3.64. The number of anilines is 1. The SMILES string of the molecule is Cc1nc(NCCOc2ccccc2)ccc1Br. The summed E-state index contributed by atoms with van der Waals surface area (Å²) in [5.74, 6) is 1.76. The van der Waals surface area contributed by atoms with Crippen LogP contribution in [0.3, 0.4) is 0 Å². The van der Waals surface area contributed by atoms with E-state index in [-0.39, 0.29) is 0 Å². The van der Waals surface area contributed by atoms with Gasteiger partial charge in [0.25, 0.3) is 0 Å². The second-order valence-electron chi connectivity index (χ2n) is 3.85. The van der Waals surface area contributed by atoms with E-state index in [4.69, 9.17) is 4.74 Å². The number of pyridine rings is 1. The first-order valence-corrected chi connectivity index (χ1v) is 6.60. The third-order valence-corrected chi connectivity index (χ3v) is 3.28. The van der Waals surface area contributed by atoms with Gasteiger partial charge >= 0.3 is 0 Å². The number of benzene rings is 1. The van der Waals surface area contributed by atoms with E-state index in [2.05, 4.69) is 26.2 Å². The van der Waals surface area contributed by atoms with Crippen molar-refractivity contribution in [2.75, 3.05) is 18.5 Å². The lowest BCUT2D eigenvalue weighted by Crippen LogP contribution is -2.12. The van der Waals surface area contributed by atoms with E-state index >= 15 is 0 Å². The largest absolute Gasteiger partial charge is 0.492 e. The summed E-state index contributed by atoms with van der Waals surface area (Å²) in [5, 5.41) is 3.23. The summed E-state index contributed by atoms with van der Waals surface area (Å²) in [4.78, 5) is 4.40. The van der Waals surface area contributed by atoms with Gasteiger partial charge in [0.05, 0.1) is 12.2 Å². The lowest BCUT2D eigenvalue weighted by atomic mass is 10.3. The Labute approximate surface area is 115 Å². The summed E-state index contributed by atoms with van der Waals surface area (Å²) < 4.78 is 6.60. The molecule has 1 N–H and O–H groups in total. The fourth-order valence-electron chi connectivity index (χ4n) is 1.51. The molecule has 1 heterocycles. The molecular formula is C14H15BrN2O. The number of aryl methyl sites for hydroxylation is 1. The van der Waals surface area contributed by atoms with Crippen molar-refractivity contribution in [2.24, 2.45) is 0 Å². The number of para-hydroxylation sites is 1. The van der Waals surface area contributed by atoms with E-state index in [1.807, 2.05) is 49.4 Å². The van der Waals surface area contributed by atoms with Gasteiger partial charge in [-0.1, -0.05) is 18.2 Å². The van der Waals surface area contributed by atoms with Crippen LogP contribution in [0, 0.1) is 6.92 Å². The van der Waals surface area contributed by atoms with Crippen molar-refractivity contribution in [1.29, 1.82) is 0 Å². The van der Waals surface area contributed by atoms with Gasteiger partial charge in [-0.25, -0.2) is 4.98 Å². The molecule has 2 rings (SSSR count). The Morgan fingerprint density at radius 2 is 1.94 bits per heavy atom. The number of hydrogen-bond donors (Lipinski definition) is 1. The van der Waals surface area contributed by atoms with E-state index in [0.717, 1.165) is 28.3 Å². The molecular weight excluding hydrogens is 292 g/mol. The molecule has 0 aliphatic rings. The van der Waals surface area contributed by atoms with E-state index in [1.54, 1.807) is 0 Å². The van der Waals surface area contributed by atoms with Crippen molar-refractivity contribution in [3.05, 3.63) is 52.6 Å². The molecule has 4 heteroatoms. The first kappa shape index (κ1) is 12.9. The molecule has 0 saturated heterocycles. The number of rotatable bonds is 5. The van der Waals surface area contributed by atoms with Crippen LogP contribution in [0.5, 0.6) is 5.75 Å². The molecule has 18 heavy (non-hydrogen) atoms. The number of nitrogens with one attached hydrogen (secondary N) is 1. The van der Waals surface area contributed by atoms with Gasteiger partial charge < -0.3 is 10.1 Å². The summed E-state index contributed by atoms with van der Waals surface area (Å²) in [7, 11) is 0. The predicted molar refractivity (Wildman–Crippen MR) is 77.1 cm³/mol. The zero-order valence-corrected chi connectivity index (χ0v) is 11.8. The van der Waals surface area contributed by atoms with Crippen LogP contribution in [0.2, 0.25) is 0 Å². The Kier molecular flexibility index (Phi) is 4.59. The quantitative estimate of drug-likeness (QED) is 0.856. The van der Waals surface area contributed by atoms with E-state index in [0.29, 0.717) is 6.61 Å². The number of aromatic nitrogens is 1. The molecule has 3 nitrogen and oxygen atoms in total. The fraction of sp³-hybridized carbons (Fsp3) is 0.214. The van der Waals surface area contributed by atoms with Crippen molar-refractivity contribution in [2.45, 2.75) is 6.92 Å². The number of hydrogen-bond acceptors (Lipinski definition) is 3. The standard InChI is InChI=1S/C14H15BrN2O/c1-11-13(15)7-8-14(17-11)16-9-10-18-12-5-3-2-4-6-12/h2-8H,9-10H2,1H3,(H,16,17). The minimum atomic E-state index is 0.612. The molecule has 0 atom stereocenters. The van der Waals surface area contributed by atoms with E-state index in [9.17, 15) is 0 Å². The first-order valence-electron chi connectivity index (χ1n) is 5.80. The van der Waals surface area contributed by atoms with Crippen molar-refractivity contribution < 1.29 is 4.74 Å². The molecule has 0 radical (unpaired) electrons. The molecule has 0 saturated carbocycles. The van der Waals surface area contributed by atoms with Gasteiger partial charge in [0, 0.05) is 4.47 Å². The van der Waals surface area contributed by atoms with Crippen LogP contribution in [-0.2, 0) is 0 Å². The summed E-state index contributed by atoms with van der Waals surface area (Å²) in [6.07, 6.45) is 0. The highest BCUT2D eigenvalue weighted by atomic mass is 79.9. The summed E-state index contributed by atoms with van der Waals surface area (Å²) in [5.41, 5.74) is 0.976. The Hall–Kier alpha value is -1.55. The van der Waals surface area contributed by atoms with Crippen LogP contribution in [0.25, 0.3) is 0 Å². The third-order valence-electron chi connectivity index (χ3n) is 2.44. The Morgan fingerprint density at radius 1 is 1.17 bits per heavy atom. The van der Waals surface area contributed by atoms with Gasteiger partial charge in [-0.15, -0.1) is 0 Å². The number of ether oxygens (including phenoxy) is 1. The number of halogens is 1. The van der Waals surface area contributed by atoms with Crippen molar-refractivity contribution >= 4 is 21.7 Å². The molecule has 0 aliphatic carbocycles. The molecule has 0 spiro atoms. The topological polar surface area (TPSA) is 34.2 Å². The monoisotopic (exact) mass is 306 g/mol. The molecule has 0 unspecified atom stereocenters. The fourth-order valence-corrected chi connectivity index (χ4v) is 1.73. The summed E-state index contributed by atoms with van der Waals surface area (Å²) in [6, 6.07) is 13.7. The summed E-state index contributed by atoms with van der Waals surface area (Å²) >= 11 is 3.43. The van der Waals surface area contributed by atoms with Gasteiger partial charge in [-0.05, 0) is 47.1 Å². The molecule has 0 fully saturated rings. The van der Waals surface area contributed by atoms with Crippen LogP contribution in [0.15, 0.2) is 46.9 Å². The highest BCUT2D eigenvalue weighted by Crippen LogP contribution is 2.16. The first-order chi connectivity index (χ1) is 8.75. The minimum Gasteiger partial charge on any atom is -0.492 e. The molecule has 2 aromatic rings. The number of nitrogens with zero attached hydrogens (tertiary/aromatic N) is 1. The average molecular weight is 307 g/mol. The second-order valence-corrected chi connectivity index (χ2v) is 4.71. The van der Waals surface area contributed by atoms with Crippen LogP contribution in [0.4, 0.5) is 5.82 Å². The smallest absolute Gasteiger partial charge is 0.126 e. The van der Waals surface area contributed by atoms with E-state index in [1.165, 1.54) is 0 Å². The van der Waals surface area contributed by atoms with Crippen LogP contribution < -0.4 is 10.1 Å². The maximum atomic E-state index is 5.58. The maximum absolute atomic E-state index is 5.58. The van der Waals surface area contributed by atoms with E-state index < -0.39 is 0 Å². The zero-order valence-electron chi connectivity index (χ0n) is 10.2. The van der Waals surface area contributed by atoms with Crippen LogP contribution in [0.1, 0.15) is 5.69 Å². The lowest BCUT2D eigenvalue weighted by Gasteiger charge is -2.08. The van der Waals surface area contributed by atoms with Gasteiger partial charge in [0.15, 0.2) is 0 Å². The normalized spacial score (nSPS) is 10.1. The molecule has 1 aromatic carbocycles.